The van der Waals surface area contributed by atoms with Crippen LogP contribution in [0.1, 0.15) is 152 Å². The fourth-order valence-corrected chi connectivity index (χ4v) is 17.2. The number of carboxylic acids is 1. The molecule has 8 rings (SSSR count). The number of hydrogen-bond acceptors (Lipinski definition) is 6. The molecule has 0 spiro atoms. The summed E-state index contributed by atoms with van der Waals surface area (Å²) in [5.41, 5.74) is -0.146. The summed E-state index contributed by atoms with van der Waals surface area (Å²) in [5.74, 6) is 1.22. The number of hydrogen-bond donors (Lipinski definition) is 1. The van der Waals surface area contributed by atoms with Crippen LogP contribution in [0.4, 0.5) is 0 Å². The summed E-state index contributed by atoms with van der Waals surface area (Å²) in [7, 11) is -2.57. The maximum Gasteiger partial charge on any atom is 0.309 e. The molecule has 0 bridgehead atoms. The average Bonchev–Trinajstić information content (AvgIpc) is 3.70. The van der Waals surface area contributed by atoms with Gasteiger partial charge in [-0.3, -0.25) is 18.9 Å². The van der Waals surface area contributed by atoms with E-state index in [4.69, 9.17) is 9.26 Å². The summed E-state index contributed by atoms with van der Waals surface area (Å²) in [6.45, 7) is 23.8. The summed E-state index contributed by atoms with van der Waals surface area (Å²) in [5, 5.41) is 9.68. The molecule has 8 fully saturated rings. The molecular weight excluding hydrogens is 709 g/mol. The quantitative estimate of drug-likeness (QED) is 0.202. The highest BCUT2D eigenvalue weighted by Gasteiger charge is 2.74. The van der Waals surface area contributed by atoms with E-state index in [1.807, 2.05) is 13.8 Å². The van der Waals surface area contributed by atoms with Gasteiger partial charge in [-0.25, -0.2) is 0 Å². The Morgan fingerprint density at radius 3 is 1.95 bits per heavy atom. The molecule has 1 aliphatic heterocycles. The molecule has 0 aromatic heterocycles. The number of aliphatic carboxylic acids is 1. The van der Waals surface area contributed by atoms with Crippen LogP contribution in [0.5, 0.6) is 0 Å². The number of fused-ring (bicyclic) bond motifs is 7. The van der Waals surface area contributed by atoms with Crippen molar-refractivity contribution in [3.63, 3.8) is 0 Å². The normalized spacial score (nSPS) is 46.9. The smallest absolute Gasteiger partial charge is 0.309 e. The zero-order valence-corrected chi connectivity index (χ0v) is 36.9. The van der Waals surface area contributed by atoms with E-state index in [1.165, 1.54) is 38.5 Å². The first-order valence-electron chi connectivity index (χ1n) is 22.4. The van der Waals surface area contributed by atoms with Crippen LogP contribution in [0.3, 0.4) is 0 Å². The minimum Gasteiger partial charge on any atom is -0.481 e. The van der Waals surface area contributed by atoms with Gasteiger partial charge in [-0.15, -0.1) is 0 Å². The first-order valence-corrected chi connectivity index (χ1v) is 24.9. The predicted molar refractivity (Wildman–Crippen MR) is 215 cm³/mol. The Kier molecular flexibility index (Phi) is 9.40. The number of amides is 1. The minimum absolute atomic E-state index is 0.0187. The molecule has 1 saturated heterocycles. The second-order valence-electron chi connectivity index (χ2n) is 23.3. The Morgan fingerprint density at radius 2 is 1.35 bits per heavy atom. The van der Waals surface area contributed by atoms with Gasteiger partial charge in [0.1, 0.15) is 6.10 Å². The highest BCUT2D eigenvalue weighted by molar-refractivity contribution is 7.57. The number of likely N-dealkylation sites (tertiary alicyclic amines) is 1. The first-order chi connectivity index (χ1) is 25.4. The highest BCUT2D eigenvalue weighted by atomic mass is 31.2. The maximum atomic E-state index is 15.1. The average molecular weight is 784 g/mol. The summed E-state index contributed by atoms with van der Waals surface area (Å²) in [4.78, 5) is 42.8. The largest absolute Gasteiger partial charge is 0.481 e. The van der Waals surface area contributed by atoms with E-state index in [1.54, 1.807) is 13.3 Å². The lowest BCUT2D eigenvalue weighted by Crippen LogP contribution is -2.68. The third-order valence-electron chi connectivity index (χ3n) is 20.0. The maximum absolute atomic E-state index is 15.1. The molecule has 8 aliphatic rings. The van der Waals surface area contributed by atoms with Gasteiger partial charge in [-0.05, 0) is 153 Å². The fraction of sp³-hybridized carbons (Fsp3) is 0.935. The summed E-state index contributed by atoms with van der Waals surface area (Å²) in [6.07, 6.45) is 15.4. The van der Waals surface area contributed by atoms with Crippen molar-refractivity contribution in [3.05, 3.63) is 0 Å². The number of piperidine rings is 1. The lowest BCUT2D eigenvalue weighted by Gasteiger charge is -2.73. The number of ether oxygens (including phenoxy) is 1. The van der Waals surface area contributed by atoms with E-state index in [0.717, 1.165) is 51.4 Å². The van der Waals surface area contributed by atoms with Gasteiger partial charge < -0.3 is 19.3 Å². The SMILES string of the molecule is CC1([C@@H]2CC[C@]3(C(=O)N4CCC(OP(C)(C)=O)CC4)CC[C@]4(C)[C@H](CC[C@@H]5[C@@]6(C)CC[C@H](OC(=O)[C@H]7C[C@@H](C(=O)O)C7(C)C)C(C)(C)[C@@H]6CC[C@]54C)[C@@H]23)CC1. The standard InChI is InChI=1S/C46H74NO7P/c1-40(2)31(37(48)49)27-32(40)38(50)53-35-15-18-43(6)33(41(35,3)4)14-19-45(8)34(43)12-11-30-36-29(42(5)21-22-42)13-20-46(36,24-23-44(30,45)7)39(51)47-25-16-28(17-26-47)54-55(9,10)52/h28-36H,11-27H2,1-10H3,(H,48,49)/t29-,30-,31+,32-,33+,34-,35+,36-,43+,44-,45-,46+/m1/s1. The Balaban J connectivity index is 1.03. The van der Waals surface area contributed by atoms with Gasteiger partial charge in [0.15, 0.2) is 7.37 Å². The number of carboxylic acid groups (broad SMARTS) is 1. The number of carbonyl (C=O) groups excluding carboxylic acids is 2. The molecule has 7 saturated carbocycles. The zero-order chi connectivity index (χ0) is 39.9. The van der Waals surface area contributed by atoms with E-state index in [9.17, 15) is 19.3 Å². The summed E-state index contributed by atoms with van der Waals surface area (Å²) in [6, 6.07) is 0. The Labute approximate surface area is 332 Å². The van der Waals surface area contributed by atoms with E-state index in [0.29, 0.717) is 60.4 Å². The van der Waals surface area contributed by atoms with Crippen molar-refractivity contribution in [3.8, 4) is 0 Å². The van der Waals surface area contributed by atoms with Crippen LogP contribution in [0.25, 0.3) is 0 Å². The predicted octanol–water partition coefficient (Wildman–Crippen LogP) is 10.1. The molecule has 0 unspecified atom stereocenters. The van der Waals surface area contributed by atoms with Gasteiger partial charge in [0.25, 0.3) is 0 Å². The molecule has 0 radical (unpaired) electrons. The van der Waals surface area contributed by atoms with Crippen LogP contribution in [-0.4, -0.2) is 66.5 Å². The monoisotopic (exact) mass is 784 g/mol. The van der Waals surface area contributed by atoms with Gasteiger partial charge in [-0.2, -0.15) is 0 Å². The molecule has 8 nitrogen and oxygen atoms in total. The van der Waals surface area contributed by atoms with Crippen LogP contribution in [0.2, 0.25) is 0 Å². The number of carbonyl (C=O) groups is 3. The number of rotatable bonds is 7. The van der Waals surface area contributed by atoms with Crippen molar-refractivity contribution >= 4 is 25.2 Å². The molecule has 310 valence electrons. The van der Waals surface area contributed by atoms with Crippen molar-refractivity contribution in [1.82, 2.24) is 4.90 Å². The van der Waals surface area contributed by atoms with Gasteiger partial charge in [-0.1, -0.05) is 55.4 Å². The number of nitrogens with zero attached hydrogens (tertiary/aromatic N) is 1. The topological polar surface area (TPSA) is 110 Å². The van der Waals surface area contributed by atoms with Crippen LogP contribution < -0.4 is 0 Å². The van der Waals surface area contributed by atoms with Crippen molar-refractivity contribution in [2.75, 3.05) is 26.4 Å². The molecule has 9 heteroatoms. The first kappa shape index (κ1) is 40.4. The van der Waals surface area contributed by atoms with Crippen molar-refractivity contribution < 1.29 is 33.3 Å². The van der Waals surface area contributed by atoms with Gasteiger partial charge >= 0.3 is 11.9 Å². The van der Waals surface area contributed by atoms with E-state index >= 15 is 4.79 Å². The molecule has 7 aliphatic carbocycles. The third kappa shape index (κ3) is 5.86. The van der Waals surface area contributed by atoms with E-state index in [2.05, 4.69) is 46.4 Å². The Morgan fingerprint density at radius 1 is 0.673 bits per heavy atom. The molecule has 1 heterocycles. The minimum atomic E-state index is -2.57. The van der Waals surface area contributed by atoms with Crippen LogP contribution >= 0.6 is 7.37 Å². The van der Waals surface area contributed by atoms with Crippen molar-refractivity contribution in [2.24, 2.45) is 79.3 Å². The molecular formula is C46H74NO7P. The second-order valence-corrected chi connectivity index (χ2v) is 26.0. The molecule has 1 amide bonds. The molecule has 12 atom stereocenters. The molecule has 55 heavy (non-hydrogen) atoms. The molecule has 0 aromatic carbocycles. The Hall–Kier alpha value is -1.40. The number of esters is 1. The summed E-state index contributed by atoms with van der Waals surface area (Å²) >= 11 is 0. The molecule has 1 N–H and O–H groups in total. The summed E-state index contributed by atoms with van der Waals surface area (Å²) < 4.78 is 24.8. The second kappa shape index (κ2) is 12.8. The third-order valence-corrected chi connectivity index (χ3v) is 20.8. The van der Waals surface area contributed by atoms with Gasteiger partial charge in [0.2, 0.25) is 5.91 Å². The lowest BCUT2D eigenvalue weighted by atomic mass is 9.32. The van der Waals surface area contributed by atoms with Gasteiger partial charge in [0, 0.05) is 31.8 Å². The highest BCUT2D eigenvalue weighted by Crippen LogP contribution is 2.79. The van der Waals surface area contributed by atoms with Gasteiger partial charge in [0.05, 0.1) is 23.4 Å². The van der Waals surface area contributed by atoms with Crippen LogP contribution in [0.15, 0.2) is 0 Å². The van der Waals surface area contributed by atoms with E-state index < -0.39 is 24.7 Å². The van der Waals surface area contributed by atoms with Crippen LogP contribution in [-0.2, 0) is 28.2 Å². The van der Waals surface area contributed by atoms with Crippen LogP contribution in [0, 0.1) is 79.3 Å². The molecule has 0 aromatic rings. The zero-order valence-electron chi connectivity index (χ0n) is 36.0. The van der Waals surface area contributed by atoms with Crippen molar-refractivity contribution in [1.29, 1.82) is 0 Å². The van der Waals surface area contributed by atoms with E-state index in [-0.39, 0.29) is 51.2 Å². The lowest BCUT2D eigenvalue weighted by molar-refractivity contribution is -0.253. The van der Waals surface area contributed by atoms with Crippen molar-refractivity contribution in [2.45, 2.75) is 164 Å². The Bertz CT molecular complexity index is 1640. The fourth-order valence-electron chi connectivity index (χ4n) is 16.3.